The number of nitrogens with zero attached hydrogens (tertiary/aromatic N) is 1. The molecular formula is C24H35BN2O5. The van der Waals surface area contributed by atoms with Gasteiger partial charge in [-0.25, -0.2) is 4.79 Å². The highest BCUT2D eigenvalue weighted by atomic mass is 16.7. The highest BCUT2D eigenvalue weighted by molar-refractivity contribution is 6.62. The summed E-state index contributed by atoms with van der Waals surface area (Å²) in [7, 11) is -0.544. The van der Waals surface area contributed by atoms with Crippen molar-refractivity contribution in [1.82, 2.24) is 5.32 Å². The van der Waals surface area contributed by atoms with Crippen molar-refractivity contribution in [2.75, 3.05) is 0 Å². The average molecular weight is 442 g/mol. The van der Waals surface area contributed by atoms with Crippen LogP contribution in [0.25, 0.3) is 0 Å². The SMILES string of the molecule is CC(C)(C)OC(=O)N[C@@H]1CCCC[C@@H]1Oc1ccc(B2OC(C)(C)C(C)(C)O2)cc1C#N. The zero-order chi connectivity index (χ0) is 23.7. The third-order valence-corrected chi connectivity index (χ3v) is 6.33. The molecule has 1 aliphatic carbocycles. The summed E-state index contributed by atoms with van der Waals surface area (Å²) in [5.74, 6) is 0.496. The summed E-state index contributed by atoms with van der Waals surface area (Å²) in [6.07, 6.45) is 2.93. The number of nitriles is 1. The largest absolute Gasteiger partial charge is 0.494 e. The Balaban J connectivity index is 1.73. The van der Waals surface area contributed by atoms with Gasteiger partial charge in [-0.05, 0) is 85.3 Å². The maximum Gasteiger partial charge on any atom is 0.494 e. The van der Waals surface area contributed by atoms with Gasteiger partial charge in [0.05, 0.1) is 22.8 Å². The van der Waals surface area contributed by atoms with Gasteiger partial charge in [-0.2, -0.15) is 5.26 Å². The fourth-order valence-electron chi connectivity index (χ4n) is 3.89. The molecule has 1 amide bonds. The van der Waals surface area contributed by atoms with Crippen LogP contribution in [0.1, 0.15) is 79.7 Å². The van der Waals surface area contributed by atoms with Crippen LogP contribution in [0.4, 0.5) is 4.79 Å². The van der Waals surface area contributed by atoms with E-state index in [9.17, 15) is 10.1 Å². The maximum atomic E-state index is 12.3. The lowest BCUT2D eigenvalue weighted by Crippen LogP contribution is -2.49. The molecule has 1 aliphatic heterocycles. The summed E-state index contributed by atoms with van der Waals surface area (Å²) in [6, 6.07) is 7.48. The second-order valence-corrected chi connectivity index (χ2v) is 10.6. The Bertz CT molecular complexity index is 871. The molecule has 8 heteroatoms. The molecule has 1 aromatic carbocycles. The summed E-state index contributed by atoms with van der Waals surface area (Å²) < 4.78 is 23.9. The van der Waals surface area contributed by atoms with Crippen molar-refractivity contribution in [1.29, 1.82) is 5.26 Å². The smallest absolute Gasteiger partial charge is 0.487 e. The first-order chi connectivity index (χ1) is 14.8. The summed E-state index contributed by atoms with van der Waals surface area (Å²) >= 11 is 0. The first-order valence-corrected chi connectivity index (χ1v) is 11.4. The second-order valence-electron chi connectivity index (χ2n) is 10.6. The lowest BCUT2D eigenvalue weighted by molar-refractivity contribution is 0.00578. The topological polar surface area (TPSA) is 89.8 Å². The molecule has 32 heavy (non-hydrogen) atoms. The molecule has 2 aliphatic rings. The Hall–Kier alpha value is -2.24. The van der Waals surface area contributed by atoms with Crippen LogP contribution in [0.15, 0.2) is 18.2 Å². The van der Waals surface area contributed by atoms with E-state index in [1.807, 2.05) is 54.5 Å². The molecule has 1 aromatic rings. The molecule has 0 aromatic heterocycles. The van der Waals surface area contributed by atoms with E-state index in [4.69, 9.17) is 18.8 Å². The molecule has 1 saturated heterocycles. The van der Waals surface area contributed by atoms with Crippen LogP contribution < -0.4 is 15.5 Å². The Labute approximate surface area is 191 Å². The highest BCUT2D eigenvalue weighted by Crippen LogP contribution is 2.37. The third kappa shape index (κ3) is 5.57. The number of hydrogen-bond acceptors (Lipinski definition) is 6. The van der Waals surface area contributed by atoms with Crippen molar-refractivity contribution in [3.05, 3.63) is 23.8 Å². The van der Waals surface area contributed by atoms with Crippen LogP contribution in [-0.2, 0) is 14.0 Å². The Morgan fingerprint density at radius 3 is 2.38 bits per heavy atom. The van der Waals surface area contributed by atoms with Crippen molar-refractivity contribution in [2.24, 2.45) is 0 Å². The summed E-state index contributed by atoms with van der Waals surface area (Å²) in [4.78, 5) is 12.3. The third-order valence-electron chi connectivity index (χ3n) is 6.33. The van der Waals surface area contributed by atoms with Gasteiger partial charge in [0.25, 0.3) is 0 Å². The Kier molecular flexibility index (Phi) is 6.83. The number of nitrogens with one attached hydrogen (secondary N) is 1. The minimum absolute atomic E-state index is 0.173. The summed E-state index contributed by atoms with van der Waals surface area (Å²) in [5.41, 5.74) is -0.282. The van der Waals surface area contributed by atoms with Crippen molar-refractivity contribution in [2.45, 2.75) is 103 Å². The zero-order valence-electron chi connectivity index (χ0n) is 20.3. The molecular weight excluding hydrogens is 407 g/mol. The molecule has 174 valence electrons. The van der Waals surface area contributed by atoms with E-state index < -0.39 is 30.0 Å². The van der Waals surface area contributed by atoms with Gasteiger partial charge < -0.3 is 24.1 Å². The average Bonchev–Trinajstić information content (AvgIpc) is 2.89. The number of alkyl carbamates (subject to hydrolysis) is 1. The van der Waals surface area contributed by atoms with E-state index in [1.54, 1.807) is 12.1 Å². The predicted molar refractivity (Wildman–Crippen MR) is 123 cm³/mol. The molecule has 2 fully saturated rings. The van der Waals surface area contributed by atoms with E-state index in [0.717, 1.165) is 31.1 Å². The van der Waals surface area contributed by atoms with Gasteiger partial charge in [0.1, 0.15) is 23.5 Å². The molecule has 1 saturated carbocycles. The second kappa shape index (κ2) is 8.95. The molecule has 7 nitrogen and oxygen atoms in total. The molecule has 3 rings (SSSR count). The van der Waals surface area contributed by atoms with Crippen LogP contribution in [0.2, 0.25) is 0 Å². The van der Waals surface area contributed by atoms with Gasteiger partial charge in [0.2, 0.25) is 0 Å². The van der Waals surface area contributed by atoms with E-state index >= 15 is 0 Å². The van der Waals surface area contributed by atoms with Crippen molar-refractivity contribution in [3.8, 4) is 11.8 Å². The van der Waals surface area contributed by atoms with Gasteiger partial charge in [0, 0.05) is 0 Å². The van der Waals surface area contributed by atoms with E-state index in [2.05, 4.69) is 11.4 Å². The first kappa shape index (κ1) is 24.4. The van der Waals surface area contributed by atoms with Crippen LogP contribution in [0, 0.1) is 11.3 Å². The molecule has 0 bridgehead atoms. The molecule has 2 atom stereocenters. The van der Waals surface area contributed by atoms with E-state index in [-0.39, 0.29) is 12.1 Å². The molecule has 0 radical (unpaired) electrons. The highest BCUT2D eigenvalue weighted by Gasteiger charge is 2.51. The molecule has 1 N–H and O–H groups in total. The van der Waals surface area contributed by atoms with Gasteiger partial charge >= 0.3 is 13.2 Å². The number of hydrogen-bond donors (Lipinski definition) is 1. The Morgan fingerprint density at radius 1 is 1.16 bits per heavy atom. The molecule has 0 spiro atoms. The standard InChI is InChI=1S/C24H35BN2O5/c1-22(2,3)30-21(28)27-18-10-8-9-11-20(18)29-19-13-12-17(14-16(19)15-26)25-31-23(4,5)24(6,7)32-25/h12-14,18,20H,8-11H2,1-7H3,(H,27,28)/t18-,20+/m1/s1. The lowest BCUT2D eigenvalue weighted by atomic mass is 9.78. The number of carbonyl (C=O) groups is 1. The number of amides is 1. The minimum atomic E-state index is -0.563. The van der Waals surface area contributed by atoms with Gasteiger partial charge in [-0.1, -0.05) is 12.5 Å². The number of benzene rings is 1. The molecule has 0 unspecified atom stereocenters. The van der Waals surface area contributed by atoms with Crippen LogP contribution >= 0.6 is 0 Å². The minimum Gasteiger partial charge on any atom is -0.487 e. The molecule has 1 heterocycles. The lowest BCUT2D eigenvalue weighted by Gasteiger charge is -2.33. The Morgan fingerprint density at radius 2 is 1.78 bits per heavy atom. The van der Waals surface area contributed by atoms with Gasteiger partial charge in [-0.3, -0.25) is 0 Å². The normalized spacial score (nSPS) is 24.5. The monoisotopic (exact) mass is 442 g/mol. The fraction of sp³-hybridized carbons (Fsp3) is 0.667. The maximum absolute atomic E-state index is 12.3. The number of rotatable bonds is 4. The van der Waals surface area contributed by atoms with Gasteiger partial charge in [0.15, 0.2) is 0 Å². The van der Waals surface area contributed by atoms with E-state index in [1.165, 1.54) is 0 Å². The quantitative estimate of drug-likeness (QED) is 0.707. The number of carbonyl (C=O) groups excluding carboxylic acids is 1. The first-order valence-electron chi connectivity index (χ1n) is 11.4. The van der Waals surface area contributed by atoms with Gasteiger partial charge in [-0.15, -0.1) is 0 Å². The van der Waals surface area contributed by atoms with Crippen molar-refractivity contribution in [3.63, 3.8) is 0 Å². The fourth-order valence-corrected chi connectivity index (χ4v) is 3.89. The van der Waals surface area contributed by atoms with Crippen LogP contribution in [0.5, 0.6) is 5.75 Å². The number of ether oxygens (including phenoxy) is 2. The van der Waals surface area contributed by atoms with Crippen molar-refractivity contribution >= 4 is 18.7 Å². The van der Waals surface area contributed by atoms with Crippen LogP contribution in [-0.4, -0.2) is 42.2 Å². The predicted octanol–water partition coefficient (Wildman–Crippen LogP) is 4.07. The van der Waals surface area contributed by atoms with Crippen LogP contribution in [0.3, 0.4) is 0 Å². The van der Waals surface area contributed by atoms with Crippen molar-refractivity contribution < 1.29 is 23.6 Å². The zero-order valence-corrected chi connectivity index (χ0v) is 20.3. The summed E-state index contributed by atoms with van der Waals surface area (Å²) in [5, 5.41) is 12.7. The van der Waals surface area contributed by atoms with E-state index in [0.29, 0.717) is 11.3 Å². The summed E-state index contributed by atoms with van der Waals surface area (Å²) in [6.45, 7) is 13.5.